The zero-order chi connectivity index (χ0) is 11.1. The fraction of sp³-hybridized carbons (Fsp3) is 1.00. The van der Waals surface area contributed by atoms with Crippen molar-refractivity contribution in [2.24, 2.45) is 5.11 Å². The molecule has 1 aliphatic rings. The summed E-state index contributed by atoms with van der Waals surface area (Å²) in [5, 5.41) is 3.56. The summed E-state index contributed by atoms with van der Waals surface area (Å²) in [5.74, 6) is 0. The molecule has 5 nitrogen and oxygen atoms in total. The predicted molar refractivity (Wildman–Crippen MR) is 61.8 cm³/mol. The standard InChI is InChI=1S/C10H21N5/c1-3-10(2)15-8-6-14(7-9-15)5-4-12-13-11/h10H,3-9H2,1-2H3. The molecule has 0 N–H and O–H groups in total. The maximum absolute atomic E-state index is 8.17. The Morgan fingerprint density at radius 2 is 2.00 bits per heavy atom. The molecule has 0 bridgehead atoms. The van der Waals surface area contributed by atoms with Crippen molar-refractivity contribution in [3.05, 3.63) is 10.4 Å². The minimum Gasteiger partial charge on any atom is -0.301 e. The van der Waals surface area contributed by atoms with Crippen LogP contribution < -0.4 is 0 Å². The summed E-state index contributed by atoms with van der Waals surface area (Å²) in [6.45, 7) is 10.5. The Morgan fingerprint density at radius 1 is 1.33 bits per heavy atom. The summed E-state index contributed by atoms with van der Waals surface area (Å²) in [4.78, 5) is 7.66. The van der Waals surface area contributed by atoms with Gasteiger partial charge >= 0.3 is 0 Å². The molecule has 0 amide bonds. The SMILES string of the molecule is CCC(C)N1CCN(CCN=[N+]=[N-])CC1. The molecule has 0 radical (unpaired) electrons. The lowest BCUT2D eigenvalue weighted by Gasteiger charge is -2.37. The molecule has 0 aromatic carbocycles. The van der Waals surface area contributed by atoms with Crippen LogP contribution in [0.15, 0.2) is 5.11 Å². The van der Waals surface area contributed by atoms with Gasteiger partial charge in [0.2, 0.25) is 0 Å². The number of azide groups is 1. The van der Waals surface area contributed by atoms with Gasteiger partial charge in [-0.15, -0.1) is 0 Å². The summed E-state index contributed by atoms with van der Waals surface area (Å²) in [5.41, 5.74) is 8.17. The van der Waals surface area contributed by atoms with Crippen LogP contribution in [0.5, 0.6) is 0 Å². The molecule has 86 valence electrons. The average molecular weight is 211 g/mol. The number of rotatable bonds is 5. The van der Waals surface area contributed by atoms with E-state index in [1.54, 1.807) is 0 Å². The lowest BCUT2D eigenvalue weighted by atomic mass is 10.2. The van der Waals surface area contributed by atoms with E-state index in [2.05, 4.69) is 33.7 Å². The number of hydrogen-bond acceptors (Lipinski definition) is 3. The molecule has 1 rings (SSSR count). The fourth-order valence-electron chi connectivity index (χ4n) is 1.92. The lowest BCUT2D eigenvalue weighted by Crippen LogP contribution is -2.49. The van der Waals surface area contributed by atoms with Crippen molar-refractivity contribution in [2.75, 3.05) is 39.3 Å². The Kier molecular flexibility index (Phi) is 5.47. The van der Waals surface area contributed by atoms with Crippen molar-refractivity contribution in [3.63, 3.8) is 0 Å². The maximum Gasteiger partial charge on any atom is 0.0385 e. The number of piperazine rings is 1. The van der Waals surface area contributed by atoms with Gasteiger partial charge in [0.1, 0.15) is 0 Å². The second kappa shape index (κ2) is 6.67. The Labute approximate surface area is 91.7 Å². The van der Waals surface area contributed by atoms with Gasteiger partial charge < -0.3 is 4.90 Å². The molecular formula is C10H21N5. The molecule has 5 heteroatoms. The third-order valence-corrected chi connectivity index (χ3v) is 3.20. The van der Waals surface area contributed by atoms with Crippen LogP contribution in [0.3, 0.4) is 0 Å². The van der Waals surface area contributed by atoms with Crippen molar-refractivity contribution in [3.8, 4) is 0 Å². The summed E-state index contributed by atoms with van der Waals surface area (Å²) in [7, 11) is 0. The van der Waals surface area contributed by atoms with Crippen LogP contribution in [0, 0.1) is 0 Å². The van der Waals surface area contributed by atoms with E-state index in [0.29, 0.717) is 12.6 Å². The highest BCUT2D eigenvalue weighted by molar-refractivity contribution is 4.75. The van der Waals surface area contributed by atoms with Gasteiger partial charge in [-0.25, -0.2) is 0 Å². The second-order valence-electron chi connectivity index (χ2n) is 4.09. The molecule has 0 aliphatic carbocycles. The van der Waals surface area contributed by atoms with Crippen molar-refractivity contribution in [1.29, 1.82) is 0 Å². The lowest BCUT2D eigenvalue weighted by molar-refractivity contribution is 0.103. The molecule has 1 atom stereocenters. The quantitative estimate of drug-likeness (QED) is 0.395. The molecule has 1 fully saturated rings. The zero-order valence-corrected chi connectivity index (χ0v) is 9.76. The van der Waals surface area contributed by atoms with Crippen molar-refractivity contribution >= 4 is 0 Å². The van der Waals surface area contributed by atoms with Gasteiger partial charge in [0, 0.05) is 50.2 Å². The van der Waals surface area contributed by atoms with Crippen LogP contribution in [0.25, 0.3) is 10.4 Å². The smallest absolute Gasteiger partial charge is 0.0385 e. The molecule has 0 aromatic heterocycles. The van der Waals surface area contributed by atoms with E-state index in [1.165, 1.54) is 6.42 Å². The van der Waals surface area contributed by atoms with E-state index < -0.39 is 0 Å². The molecule has 0 saturated carbocycles. The van der Waals surface area contributed by atoms with Gasteiger partial charge in [-0.1, -0.05) is 12.0 Å². The van der Waals surface area contributed by atoms with Gasteiger partial charge in [-0.2, -0.15) is 0 Å². The van der Waals surface area contributed by atoms with E-state index in [-0.39, 0.29) is 0 Å². The summed E-state index contributed by atoms with van der Waals surface area (Å²) >= 11 is 0. The fourth-order valence-corrected chi connectivity index (χ4v) is 1.92. The molecule has 1 unspecified atom stereocenters. The summed E-state index contributed by atoms with van der Waals surface area (Å²) < 4.78 is 0. The second-order valence-corrected chi connectivity index (χ2v) is 4.09. The molecule has 15 heavy (non-hydrogen) atoms. The van der Waals surface area contributed by atoms with Crippen LogP contribution in [0.4, 0.5) is 0 Å². The van der Waals surface area contributed by atoms with Gasteiger partial charge in [-0.05, 0) is 18.9 Å². The molecule has 0 aromatic rings. The number of nitrogens with zero attached hydrogens (tertiary/aromatic N) is 5. The Bertz CT molecular complexity index is 216. The first-order valence-corrected chi connectivity index (χ1v) is 5.75. The molecule has 1 aliphatic heterocycles. The highest BCUT2D eigenvalue weighted by atomic mass is 15.3. The minimum absolute atomic E-state index is 0.597. The molecule has 1 saturated heterocycles. The van der Waals surface area contributed by atoms with Gasteiger partial charge in [0.05, 0.1) is 0 Å². The van der Waals surface area contributed by atoms with Crippen LogP contribution in [0.2, 0.25) is 0 Å². The van der Waals surface area contributed by atoms with E-state index in [4.69, 9.17) is 5.53 Å². The van der Waals surface area contributed by atoms with Crippen LogP contribution >= 0.6 is 0 Å². The Hall–Kier alpha value is -0.770. The van der Waals surface area contributed by atoms with Crippen LogP contribution in [-0.2, 0) is 0 Å². The van der Waals surface area contributed by atoms with Crippen molar-refractivity contribution in [2.45, 2.75) is 26.3 Å². The van der Waals surface area contributed by atoms with Crippen LogP contribution in [0.1, 0.15) is 20.3 Å². The summed E-state index contributed by atoms with van der Waals surface area (Å²) in [6.07, 6.45) is 1.22. The van der Waals surface area contributed by atoms with E-state index >= 15 is 0 Å². The molecule has 0 spiro atoms. The van der Waals surface area contributed by atoms with Crippen molar-refractivity contribution < 1.29 is 0 Å². The summed E-state index contributed by atoms with van der Waals surface area (Å²) in [6, 6.07) is 0.698. The number of hydrogen-bond donors (Lipinski definition) is 0. The van der Waals surface area contributed by atoms with Crippen molar-refractivity contribution in [1.82, 2.24) is 9.80 Å². The van der Waals surface area contributed by atoms with Gasteiger partial charge in [0.25, 0.3) is 0 Å². The highest BCUT2D eigenvalue weighted by Gasteiger charge is 2.19. The third-order valence-electron chi connectivity index (χ3n) is 3.20. The van der Waals surface area contributed by atoms with Gasteiger partial charge in [-0.3, -0.25) is 4.90 Å². The third kappa shape index (κ3) is 4.08. The van der Waals surface area contributed by atoms with E-state index in [1.807, 2.05) is 0 Å². The van der Waals surface area contributed by atoms with E-state index in [9.17, 15) is 0 Å². The monoisotopic (exact) mass is 211 g/mol. The average Bonchev–Trinajstić information content (AvgIpc) is 2.29. The molecular weight excluding hydrogens is 190 g/mol. The highest BCUT2D eigenvalue weighted by Crippen LogP contribution is 2.08. The zero-order valence-electron chi connectivity index (χ0n) is 9.76. The minimum atomic E-state index is 0.597. The largest absolute Gasteiger partial charge is 0.301 e. The molecule has 1 heterocycles. The first-order valence-electron chi connectivity index (χ1n) is 5.75. The first kappa shape index (κ1) is 12.3. The Morgan fingerprint density at radius 3 is 2.53 bits per heavy atom. The van der Waals surface area contributed by atoms with Crippen LogP contribution in [-0.4, -0.2) is 55.1 Å². The Balaban J connectivity index is 2.20. The first-order chi connectivity index (χ1) is 7.27. The van der Waals surface area contributed by atoms with E-state index in [0.717, 1.165) is 32.7 Å². The predicted octanol–water partition coefficient (Wildman–Crippen LogP) is 1.71. The topological polar surface area (TPSA) is 55.2 Å². The maximum atomic E-state index is 8.17. The van der Waals surface area contributed by atoms with Gasteiger partial charge in [0.15, 0.2) is 0 Å². The normalized spacial score (nSPS) is 20.9.